The van der Waals surface area contributed by atoms with E-state index in [4.69, 9.17) is 4.74 Å². The number of pyridine rings is 1. The minimum absolute atomic E-state index is 0.586. The molecule has 1 fully saturated rings. The van der Waals surface area contributed by atoms with E-state index in [-0.39, 0.29) is 0 Å². The summed E-state index contributed by atoms with van der Waals surface area (Å²) in [6, 6.07) is 0. The molecule has 2 atom stereocenters. The molecule has 1 heterocycles. The van der Waals surface area contributed by atoms with Gasteiger partial charge in [0.25, 0.3) is 0 Å². The summed E-state index contributed by atoms with van der Waals surface area (Å²) >= 11 is 0. The zero-order valence-corrected chi connectivity index (χ0v) is 13.2. The second-order valence-electron chi connectivity index (χ2n) is 6.32. The van der Waals surface area contributed by atoms with E-state index in [1.807, 2.05) is 20.0 Å². The number of nitrogens with zero attached hydrogens (tertiary/aromatic N) is 1. The van der Waals surface area contributed by atoms with Crippen molar-refractivity contribution in [3.63, 3.8) is 0 Å². The molecule has 1 aliphatic rings. The molecule has 1 aromatic rings. The molecular weight excluding hydrogens is 250 g/mol. The number of hydrogen-bond donors (Lipinski definition) is 1. The van der Waals surface area contributed by atoms with Gasteiger partial charge < -0.3 is 9.84 Å². The fraction of sp³-hybridized carbons (Fsp3) is 0.706. The number of methoxy groups -OCH3 is 1. The van der Waals surface area contributed by atoms with Gasteiger partial charge >= 0.3 is 0 Å². The zero-order chi connectivity index (χ0) is 14.8. The lowest BCUT2D eigenvalue weighted by molar-refractivity contribution is -0.0170. The average Bonchev–Trinajstić information content (AvgIpc) is 2.42. The summed E-state index contributed by atoms with van der Waals surface area (Å²) in [7, 11) is 1.70. The summed E-state index contributed by atoms with van der Waals surface area (Å²) in [5, 5.41) is 10.9. The van der Waals surface area contributed by atoms with Gasteiger partial charge in [-0.15, -0.1) is 0 Å². The Morgan fingerprint density at radius 2 is 2.20 bits per heavy atom. The SMILES string of the molecule is CCC1CCCC(O)(Cc2ncc(C)c(OC)c2C)C1. The van der Waals surface area contributed by atoms with E-state index in [1.165, 1.54) is 6.42 Å². The lowest BCUT2D eigenvalue weighted by Gasteiger charge is -2.36. The van der Waals surface area contributed by atoms with Crippen LogP contribution in [0.2, 0.25) is 0 Å². The number of rotatable bonds is 4. The van der Waals surface area contributed by atoms with Gasteiger partial charge in [-0.25, -0.2) is 0 Å². The molecule has 1 saturated carbocycles. The third kappa shape index (κ3) is 3.14. The van der Waals surface area contributed by atoms with Crippen LogP contribution < -0.4 is 4.74 Å². The first kappa shape index (κ1) is 15.3. The largest absolute Gasteiger partial charge is 0.496 e. The Morgan fingerprint density at radius 3 is 2.85 bits per heavy atom. The molecule has 2 unspecified atom stereocenters. The van der Waals surface area contributed by atoms with Gasteiger partial charge in [-0.2, -0.15) is 0 Å². The Bertz CT molecular complexity index is 472. The Kier molecular flexibility index (Phi) is 4.69. The van der Waals surface area contributed by atoms with Gasteiger partial charge in [0.1, 0.15) is 5.75 Å². The maximum absolute atomic E-state index is 10.9. The molecule has 0 radical (unpaired) electrons. The van der Waals surface area contributed by atoms with Crippen LogP contribution in [0.25, 0.3) is 0 Å². The molecule has 0 aromatic carbocycles. The topological polar surface area (TPSA) is 42.4 Å². The van der Waals surface area contributed by atoms with Crippen molar-refractivity contribution in [3.8, 4) is 5.75 Å². The van der Waals surface area contributed by atoms with Gasteiger partial charge in [0, 0.05) is 29.4 Å². The number of aryl methyl sites for hydroxylation is 1. The monoisotopic (exact) mass is 277 g/mol. The van der Waals surface area contributed by atoms with Crippen LogP contribution in [0.15, 0.2) is 6.20 Å². The predicted octanol–water partition coefficient (Wildman–Crippen LogP) is 3.58. The third-order valence-corrected chi connectivity index (χ3v) is 4.75. The van der Waals surface area contributed by atoms with Crippen LogP contribution in [0.3, 0.4) is 0 Å². The van der Waals surface area contributed by atoms with E-state index < -0.39 is 5.60 Å². The fourth-order valence-electron chi connectivity index (χ4n) is 3.53. The van der Waals surface area contributed by atoms with Crippen LogP contribution in [-0.4, -0.2) is 22.8 Å². The van der Waals surface area contributed by atoms with Crippen molar-refractivity contribution in [1.82, 2.24) is 4.98 Å². The summed E-state index contributed by atoms with van der Waals surface area (Å²) in [6.07, 6.45) is 7.82. The molecule has 1 aliphatic carbocycles. The molecule has 0 aliphatic heterocycles. The minimum atomic E-state index is -0.586. The summed E-state index contributed by atoms with van der Waals surface area (Å²) in [4.78, 5) is 4.54. The Labute approximate surface area is 122 Å². The van der Waals surface area contributed by atoms with E-state index in [0.29, 0.717) is 12.3 Å². The molecule has 0 bridgehead atoms. The summed E-state index contributed by atoms with van der Waals surface area (Å²) in [6.45, 7) is 6.26. The van der Waals surface area contributed by atoms with Crippen LogP contribution in [0.1, 0.15) is 55.8 Å². The molecule has 0 spiro atoms. The molecule has 2 rings (SSSR count). The Hall–Kier alpha value is -1.09. The molecule has 3 heteroatoms. The first-order valence-corrected chi connectivity index (χ1v) is 7.70. The summed E-state index contributed by atoms with van der Waals surface area (Å²) in [5.41, 5.74) is 2.51. The first-order chi connectivity index (χ1) is 9.49. The van der Waals surface area contributed by atoms with Crippen LogP contribution in [-0.2, 0) is 6.42 Å². The van der Waals surface area contributed by atoms with Crippen LogP contribution in [0.4, 0.5) is 0 Å². The van der Waals surface area contributed by atoms with Crippen molar-refractivity contribution >= 4 is 0 Å². The van der Waals surface area contributed by atoms with Crippen molar-refractivity contribution in [2.24, 2.45) is 5.92 Å². The van der Waals surface area contributed by atoms with Gasteiger partial charge in [0.2, 0.25) is 0 Å². The minimum Gasteiger partial charge on any atom is -0.496 e. The number of aromatic nitrogens is 1. The Morgan fingerprint density at radius 1 is 1.45 bits per heavy atom. The van der Waals surface area contributed by atoms with E-state index >= 15 is 0 Å². The van der Waals surface area contributed by atoms with Crippen molar-refractivity contribution in [1.29, 1.82) is 0 Å². The molecule has 0 amide bonds. The lowest BCUT2D eigenvalue weighted by atomic mass is 9.74. The van der Waals surface area contributed by atoms with Gasteiger partial charge in [0.05, 0.1) is 12.7 Å². The highest BCUT2D eigenvalue weighted by atomic mass is 16.5. The summed E-state index contributed by atoms with van der Waals surface area (Å²) in [5.74, 6) is 1.56. The van der Waals surface area contributed by atoms with E-state index in [9.17, 15) is 5.11 Å². The highest BCUT2D eigenvalue weighted by Gasteiger charge is 2.34. The second-order valence-corrected chi connectivity index (χ2v) is 6.32. The van der Waals surface area contributed by atoms with Gasteiger partial charge in [-0.05, 0) is 32.6 Å². The maximum atomic E-state index is 10.9. The highest BCUT2D eigenvalue weighted by Crippen LogP contribution is 2.37. The zero-order valence-electron chi connectivity index (χ0n) is 13.2. The number of aliphatic hydroxyl groups is 1. The molecule has 3 nitrogen and oxygen atoms in total. The quantitative estimate of drug-likeness (QED) is 0.914. The van der Waals surface area contributed by atoms with Gasteiger partial charge in [-0.3, -0.25) is 4.98 Å². The van der Waals surface area contributed by atoms with Crippen LogP contribution in [0, 0.1) is 19.8 Å². The lowest BCUT2D eigenvalue weighted by Crippen LogP contribution is -2.37. The highest BCUT2D eigenvalue weighted by molar-refractivity contribution is 5.41. The van der Waals surface area contributed by atoms with Crippen LogP contribution in [0.5, 0.6) is 5.75 Å². The standard InChI is InChI=1S/C17H27NO2/c1-5-14-7-6-8-17(19,9-14)10-15-13(3)16(20-4)12(2)11-18-15/h11,14,19H,5-10H2,1-4H3. The van der Waals surface area contributed by atoms with Gasteiger partial charge in [-0.1, -0.05) is 26.2 Å². The normalized spacial score (nSPS) is 26.6. The molecule has 20 heavy (non-hydrogen) atoms. The van der Waals surface area contributed by atoms with Crippen molar-refractivity contribution in [3.05, 3.63) is 23.0 Å². The fourth-order valence-corrected chi connectivity index (χ4v) is 3.53. The molecule has 0 saturated heterocycles. The maximum Gasteiger partial charge on any atom is 0.128 e. The summed E-state index contributed by atoms with van der Waals surface area (Å²) < 4.78 is 5.46. The first-order valence-electron chi connectivity index (χ1n) is 7.70. The van der Waals surface area contributed by atoms with E-state index in [1.54, 1.807) is 7.11 Å². The van der Waals surface area contributed by atoms with Crippen molar-refractivity contribution in [2.45, 2.75) is 64.9 Å². The molecule has 1 N–H and O–H groups in total. The third-order valence-electron chi connectivity index (χ3n) is 4.75. The molecule has 1 aromatic heterocycles. The van der Waals surface area contributed by atoms with E-state index in [0.717, 1.165) is 48.3 Å². The molecular formula is C17H27NO2. The van der Waals surface area contributed by atoms with Crippen LogP contribution >= 0.6 is 0 Å². The van der Waals surface area contributed by atoms with Crippen molar-refractivity contribution < 1.29 is 9.84 Å². The average molecular weight is 277 g/mol. The number of hydrogen-bond acceptors (Lipinski definition) is 3. The Balaban J connectivity index is 2.21. The number of ether oxygens (including phenoxy) is 1. The van der Waals surface area contributed by atoms with Gasteiger partial charge in [0.15, 0.2) is 0 Å². The molecule has 112 valence electrons. The van der Waals surface area contributed by atoms with E-state index in [2.05, 4.69) is 11.9 Å². The second kappa shape index (κ2) is 6.13. The smallest absolute Gasteiger partial charge is 0.128 e. The predicted molar refractivity (Wildman–Crippen MR) is 81.2 cm³/mol. The van der Waals surface area contributed by atoms with Crippen molar-refractivity contribution in [2.75, 3.05) is 7.11 Å².